The van der Waals surface area contributed by atoms with Gasteiger partial charge in [-0.05, 0) is 31.7 Å². The van der Waals surface area contributed by atoms with Gasteiger partial charge >= 0.3 is 0 Å². The van der Waals surface area contributed by atoms with Crippen LogP contribution in [0.4, 0.5) is 0 Å². The van der Waals surface area contributed by atoms with Crippen LogP contribution in [0.15, 0.2) is 30.3 Å². The minimum Gasteiger partial charge on any atom is -0.350 e. The van der Waals surface area contributed by atoms with E-state index in [2.05, 4.69) is 17.1 Å². The third kappa shape index (κ3) is 2.86. The zero-order chi connectivity index (χ0) is 14.1. The van der Waals surface area contributed by atoms with E-state index in [4.69, 9.17) is 5.73 Å². The fourth-order valence-corrected chi connectivity index (χ4v) is 3.18. The molecule has 3 unspecified atom stereocenters. The van der Waals surface area contributed by atoms with Gasteiger partial charge in [-0.2, -0.15) is 0 Å². The van der Waals surface area contributed by atoms with Crippen LogP contribution in [0.25, 0.3) is 0 Å². The molecule has 20 heavy (non-hydrogen) atoms. The number of rotatable bonds is 4. The fraction of sp³-hybridized carbons (Fsp3) is 0.562. The van der Waals surface area contributed by atoms with Gasteiger partial charge in [0.25, 0.3) is 0 Å². The van der Waals surface area contributed by atoms with Crippen molar-refractivity contribution in [3.63, 3.8) is 0 Å². The molecule has 1 heterocycles. The number of hydrogen-bond donors (Lipinski definition) is 2. The molecule has 1 saturated heterocycles. The first-order chi connectivity index (χ1) is 9.65. The minimum absolute atomic E-state index is 0.0638. The quantitative estimate of drug-likeness (QED) is 0.872. The monoisotopic (exact) mass is 273 g/mol. The van der Waals surface area contributed by atoms with Crippen molar-refractivity contribution >= 4 is 5.91 Å². The van der Waals surface area contributed by atoms with Crippen molar-refractivity contribution in [2.75, 3.05) is 6.54 Å². The highest BCUT2D eigenvalue weighted by molar-refractivity contribution is 5.83. The summed E-state index contributed by atoms with van der Waals surface area (Å²) in [6, 6.07) is 10.6. The Bertz CT molecular complexity index is 472. The molecule has 108 valence electrons. The van der Waals surface area contributed by atoms with Crippen LogP contribution in [0.2, 0.25) is 0 Å². The van der Waals surface area contributed by atoms with Crippen molar-refractivity contribution in [1.82, 2.24) is 10.2 Å². The lowest BCUT2D eigenvalue weighted by Crippen LogP contribution is -2.42. The molecule has 1 aromatic rings. The molecular weight excluding hydrogens is 250 g/mol. The average Bonchev–Trinajstić information content (AvgIpc) is 3.23. The molecule has 1 aromatic carbocycles. The Morgan fingerprint density at radius 1 is 1.35 bits per heavy atom. The van der Waals surface area contributed by atoms with Gasteiger partial charge in [0, 0.05) is 24.7 Å². The zero-order valence-electron chi connectivity index (χ0n) is 12.0. The number of carbonyl (C=O) groups excluding carboxylic acids is 1. The predicted octanol–water partition coefficient (Wildman–Crippen LogP) is 1.43. The second-order valence-electron chi connectivity index (χ2n) is 6.11. The molecule has 0 radical (unpaired) electrons. The topological polar surface area (TPSA) is 58.4 Å². The summed E-state index contributed by atoms with van der Waals surface area (Å²) in [5, 5.41) is 3.11. The van der Waals surface area contributed by atoms with Gasteiger partial charge in [0.1, 0.15) is 6.04 Å². The van der Waals surface area contributed by atoms with Crippen LogP contribution in [-0.2, 0) is 4.79 Å². The number of nitrogens with two attached hydrogens (primary N) is 1. The lowest BCUT2D eigenvalue weighted by atomic mass is 10.1. The molecule has 2 aliphatic rings. The molecular formula is C16H23N3O. The van der Waals surface area contributed by atoms with Gasteiger partial charge in [-0.1, -0.05) is 30.3 Å². The summed E-state index contributed by atoms with van der Waals surface area (Å²) in [6.45, 7) is 3.22. The maximum absolute atomic E-state index is 12.2. The van der Waals surface area contributed by atoms with Crippen molar-refractivity contribution in [3.05, 3.63) is 35.9 Å². The van der Waals surface area contributed by atoms with E-state index in [1.165, 1.54) is 12.8 Å². The van der Waals surface area contributed by atoms with E-state index >= 15 is 0 Å². The second kappa shape index (κ2) is 5.54. The van der Waals surface area contributed by atoms with Crippen molar-refractivity contribution < 1.29 is 4.79 Å². The summed E-state index contributed by atoms with van der Waals surface area (Å²) in [6.07, 6.45) is 3.66. The van der Waals surface area contributed by atoms with Crippen molar-refractivity contribution in [3.8, 4) is 0 Å². The number of carbonyl (C=O) groups is 1. The first kappa shape index (κ1) is 13.6. The SMILES string of the molecule is CC1CC(NC(=O)C(N)c2ccccc2)CN1C1CC1. The molecule has 1 amide bonds. The lowest BCUT2D eigenvalue weighted by molar-refractivity contribution is -0.123. The summed E-state index contributed by atoms with van der Waals surface area (Å²) in [7, 11) is 0. The first-order valence-electron chi connectivity index (χ1n) is 7.52. The highest BCUT2D eigenvalue weighted by Gasteiger charge is 2.39. The molecule has 1 aliphatic carbocycles. The van der Waals surface area contributed by atoms with E-state index in [0.717, 1.165) is 24.6 Å². The van der Waals surface area contributed by atoms with Gasteiger partial charge in [0.15, 0.2) is 0 Å². The summed E-state index contributed by atoms with van der Waals surface area (Å²) < 4.78 is 0. The van der Waals surface area contributed by atoms with Crippen LogP contribution >= 0.6 is 0 Å². The summed E-state index contributed by atoms with van der Waals surface area (Å²) >= 11 is 0. The molecule has 1 saturated carbocycles. The van der Waals surface area contributed by atoms with Crippen LogP contribution in [0, 0.1) is 0 Å². The minimum atomic E-state index is -0.568. The smallest absolute Gasteiger partial charge is 0.241 e. The van der Waals surface area contributed by atoms with Gasteiger partial charge in [-0.25, -0.2) is 0 Å². The largest absolute Gasteiger partial charge is 0.350 e. The van der Waals surface area contributed by atoms with Gasteiger partial charge < -0.3 is 11.1 Å². The van der Waals surface area contributed by atoms with Gasteiger partial charge in [0.05, 0.1) is 0 Å². The van der Waals surface area contributed by atoms with Gasteiger partial charge in [-0.3, -0.25) is 9.69 Å². The Morgan fingerprint density at radius 3 is 2.70 bits per heavy atom. The molecule has 0 bridgehead atoms. The van der Waals surface area contributed by atoms with Crippen molar-refractivity contribution in [2.45, 2.75) is 50.4 Å². The molecule has 2 fully saturated rings. The molecule has 1 aliphatic heterocycles. The van der Waals surface area contributed by atoms with E-state index < -0.39 is 6.04 Å². The zero-order valence-corrected chi connectivity index (χ0v) is 12.0. The van der Waals surface area contributed by atoms with Crippen LogP contribution in [-0.4, -0.2) is 35.5 Å². The maximum Gasteiger partial charge on any atom is 0.241 e. The highest BCUT2D eigenvalue weighted by Crippen LogP contribution is 2.33. The number of nitrogens with zero attached hydrogens (tertiary/aromatic N) is 1. The third-order valence-electron chi connectivity index (χ3n) is 4.43. The van der Waals surface area contributed by atoms with Crippen molar-refractivity contribution in [2.24, 2.45) is 5.73 Å². The summed E-state index contributed by atoms with van der Waals surface area (Å²) in [4.78, 5) is 14.8. The Hall–Kier alpha value is -1.39. The van der Waals surface area contributed by atoms with Crippen LogP contribution in [0.3, 0.4) is 0 Å². The van der Waals surface area contributed by atoms with Gasteiger partial charge in [0.2, 0.25) is 5.91 Å². The normalized spacial score (nSPS) is 28.3. The Labute approximate surface area is 120 Å². The van der Waals surface area contributed by atoms with Crippen LogP contribution < -0.4 is 11.1 Å². The third-order valence-corrected chi connectivity index (χ3v) is 4.43. The highest BCUT2D eigenvalue weighted by atomic mass is 16.2. The molecule has 0 spiro atoms. The van der Waals surface area contributed by atoms with E-state index in [0.29, 0.717) is 6.04 Å². The van der Waals surface area contributed by atoms with Crippen LogP contribution in [0.1, 0.15) is 37.8 Å². The standard InChI is InChI=1S/C16H23N3O/c1-11-9-13(10-19(11)14-7-8-14)18-16(20)15(17)12-5-3-2-4-6-12/h2-6,11,13-15H,7-10,17H2,1H3,(H,18,20). The number of likely N-dealkylation sites (tertiary alicyclic amines) is 1. The Morgan fingerprint density at radius 2 is 2.05 bits per heavy atom. The van der Waals surface area contributed by atoms with E-state index in [1.54, 1.807) is 0 Å². The summed E-state index contributed by atoms with van der Waals surface area (Å²) in [5.41, 5.74) is 6.90. The van der Waals surface area contributed by atoms with Crippen molar-refractivity contribution in [1.29, 1.82) is 0 Å². The Kier molecular flexibility index (Phi) is 3.76. The number of benzene rings is 1. The first-order valence-corrected chi connectivity index (χ1v) is 7.52. The average molecular weight is 273 g/mol. The lowest BCUT2D eigenvalue weighted by Gasteiger charge is -2.20. The molecule has 3 rings (SSSR count). The molecule has 4 nitrogen and oxygen atoms in total. The van der Waals surface area contributed by atoms with E-state index in [9.17, 15) is 4.79 Å². The summed E-state index contributed by atoms with van der Waals surface area (Å²) in [5.74, 6) is -0.0638. The van der Waals surface area contributed by atoms with Crippen LogP contribution in [0.5, 0.6) is 0 Å². The number of hydrogen-bond acceptors (Lipinski definition) is 3. The Balaban J connectivity index is 1.56. The van der Waals surface area contributed by atoms with E-state index in [1.807, 2.05) is 30.3 Å². The number of amides is 1. The molecule has 4 heteroatoms. The second-order valence-corrected chi connectivity index (χ2v) is 6.11. The van der Waals surface area contributed by atoms with Gasteiger partial charge in [-0.15, -0.1) is 0 Å². The fourth-order valence-electron chi connectivity index (χ4n) is 3.18. The molecule has 0 aromatic heterocycles. The predicted molar refractivity (Wildman–Crippen MR) is 79.1 cm³/mol. The maximum atomic E-state index is 12.2. The molecule has 3 atom stereocenters. The molecule has 3 N–H and O–H groups in total. The number of nitrogens with one attached hydrogen (secondary N) is 1. The van der Waals surface area contributed by atoms with E-state index in [-0.39, 0.29) is 11.9 Å².